The van der Waals surface area contributed by atoms with Crippen LogP contribution in [0.3, 0.4) is 0 Å². The highest BCUT2D eigenvalue weighted by atomic mass is 32.1. The van der Waals surface area contributed by atoms with Crippen molar-refractivity contribution in [2.24, 2.45) is 0 Å². The molecule has 2 N–H and O–H groups in total. The monoisotopic (exact) mass is 424 g/mol. The van der Waals surface area contributed by atoms with E-state index in [0.29, 0.717) is 10.6 Å². The molecule has 1 aliphatic rings. The van der Waals surface area contributed by atoms with Crippen LogP contribution in [-0.2, 0) is 19.4 Å². The van der Waals surface area contributed by atoms with Gasteiger partial charge in [-0.15, -0.1) is 11.3 Å². The zero-order valence-corrected chi connectivity index (χ0v) is 17.5. The van der Waals surface area contributed by atoms with Crippen molar-refractivity contribution in [2.45, 2.75) is 19.4 Å². The Morgan fingerprint density at radius 1 is 1.13 bits per heavy atom. The summed E-state index contributed by atoms with van der Waals surface area (Å²) in [5.41, 5.74) is 4.36. The van der Waals surface area contributed by atoms with Crippen LogP contribution >= 0.6 is 11.3 Å². The lowest BCUT2D eigenvalue weighted by molar-refractivity contribution is 0.0699. The molecule has 154 valence electrons. The molecular formula is C23H21FN2O3S. The first-order valence-corrected chi connectivity index (χ1v) is 10.4. The third kappa shape index (κ3) is 3.74. The number of carboxylic acid groups (broad SMARTS) is 1. The summed E-state index contributed by atoms with van der Waals surface area (Å²) >= 11 is 1.30. The molecule has 0 saturated carbocycles. The highest BCUT2D eigenvalue weighted by Gasteiger charge is 2.30. The van der Waals surface area contributed by atoms with E-state index in [9.17, 15) is 19.1 Å². The van der Waals surface area contributed by atoms with Crippen molar-refractivity contribution >= 4 is 28.2 Å². The van der Waals surface area contributed by atoms with Gasteiger partial charge < -0.3 is 15.3 Å². The number of carbonyl (C=O) groups excluding carboxylic acids is 1. The van der Waals surface area contributed by atoms with Crippen LogP contribution in [0.4, 0.5) is 9.39 Å². The number of aromatic carboxylic acids is 1. The van der Waals surface area contributed by atoms with Gasteiger partial charge in [0.1, 0.15) is 16.4 Å². The van der Waals surface area contributed by atoms with Crippen LogP contribution in [0, 0.1) is 5.82 Å². The van der Waals surface area contributed by atoms with Crippen LogP contribution < -0.4 is 5.32 Å². The number of fused-ring (bicyclic) bond motifs is 3. The Labute approximate surface area is 177 Å². The summed E-state index contributed by atoms with van der Waals surface area (Å²) in [6.07, 6.45) is 1.56. The average Bonchev–Trinajstić information content (AvgIpc) is 3.06. The molecule has 0 atom stereocenters. The summed E-state index contributed by atoms with van der Waals surface area (Å²) in [6.45, 7) is 0.777. The van der Waals surface area contributed by atoms with Crippen molar-refractivity contribution in [3.8, 4) is 11.1 Å². The Morgan fingerprint density at radius 2 is 1.87 bits per heavy atom. The topological polar surface area (TPSA) is 69.6 Å². The van der Waals surface area contributed by atoms with Gasteiger partial charge in [0.05, 0.1) is 0 Å². The summed E-state index contributed by atoms with van der Waals surface area (Å²) in [7, 11) is 4.01. The maximum Gasteiger partial charge on any atom is 0.339 e. The SMILES string of the molecule is CN(C)Cc1cccc2c1CCc1sc(NC(=O)c3ccc(F)cc3)c(C(=O)O)c1-2. The molecule has 1 aromatic heterocycles. The molecular weight excluding hydrogens is 403 g/mol. The Morgan fingerprint density at radius 3 is 2.53 bits per heavy atom. The van der Waals surface area contributed by atoms with Crippen molar-refractivity contribution < 1.29 is 19.1 Å². The summed E-state index contributed by atoms with van der Waals surface area (Å²) in [6, 6.07) is 11.1. The van der Waals surface area contributed by atoms with Gasteiger partial charge in [-0.25, -0.2) is 9.18 Å². The number of rotatable bonds is 5. The van der Waals surface area contributed by atoms with Gasteiger partial charge in [0.25, 0.3) is 5.91 Å². The number of carboxylic acids is 1. The van der Waals surface area contributed by atoms with E-state index in [-0.39, 0.29) is 11.1 Å². The lowest BCUT2D eigenvalue weighted by atomic mass is 9.85. The quantitative estimate of drug-likeness (QED) is 0.625. The van der Waals surface area contributed by atoms with Gasteiger partial charge in [0, 0.05) is 22.5 Å². The maximum atomic E-state index is 13.1. The van der Waals surface area contributed by atoms with Crippen molar-refractivity contribution in [3.05, 3.63) is 75.4 Å². The molecule has 30 heavy (non-hydrogen) atoms. The fourth-order valence-corrected chi connectivity index (χ4v) is 5.10. The number of benzene rings is 2. The minimum atomic E-state index is -1.08. The van der Waals surface area contributed by atoms with E-state index in [1.807, 2.05) is 26.2 Å². The predicted octanol–water partition coefficient (Wildman–Crippen LogP) is 4.66. The number of thiophene rings is 1. The standard InChI is InChI=1S/C23H21FN2O3S/c1-26(2)12-14-4-3-5-17-16(14)10-11-18-19(17)20(23(28)29)22(30-18)25-21(27)13-6-8-15(24)9-7-13/h3-9H,10-12H2,1-2H3,(H,25,27)(H,28,29). The van der Waals surface area contributed by atoms with Gasteiger partial charge >= 0.3 is 5.97 Å². The van der Waals surface area contributed by atoms with Gasteiger partial charge in [0.15, 0.2) is 0 Å². The molecule has 4 rings (SSSR count). The van der Waals surface area contributed by atoms with E-state index in [1.165, 1.54) is 41.2 Å². The van der Waals surface area contributed by atoms with Crippen LogP contribution in [0.1, 0.15) is 36.7 Å². The molecule has 0 bridgehead atoms. The number of hydrogen-bond acceptors (Lipinski definition) is 4. The Hall–Kier alpha value is -3.03. The normalized spacial score (nSPS) is 12.4. The van der Waals surface area contributed by atoms with Gasteiger partial charge in [0.2, 0.25) is 0 Å². The lowest BCUT2D eigenvalue weighted by Gasteiger charge is -2.22. The molecule has 7 heteroatoms. The Bertz CT molecular complexity index is 1140. The Kier molecular flexibility index (Phi) is 5.40. The van der Waals surface area contributed by atoms with Crippen LogP contribution in [-0.4, -0.2) is 36.0 Å². The number of aryl methyl sites for hydroxylation is 1. The van der Waals surface area contributed by atoms with E-state index in [1.54, 1.807) is 0 Å². The van der Waals surface area contributed by atoms with Gasteiger partial charge in [-0.1, -0.05) is 18.2 Å². The molecule has 0 saturated heterocycles. The molecule has 0 aliphatic heterocycles. The third-order valence-electron chi connectivity index (χ3n) is 5.16. The first-order chi connectivity index (χ1) is 14.3. The van der Waals surface area contributed by atoms with Crippen LogP contribution in [0.2, 0.25) is 0 Å². The second-order valence-corrected chi connectivity index (χ2v) is 8.66. The second-order valence-electron chi connectivity index (χ2n) is 7.55. The van der Waals surface area contributed by atoms with E-state index in [2.05, 4.69) is 16.3 Å². The van der Waals surface area contributed by atoms with E-state index < -0.39 is 17.7 Å². The van der Waals surface area contributed by atoms with Crippen LogP contribution in [0.25, 0.3) is 11.1 Å². The van der Waals surface area contributed by atoms with Gasteiger partial charge in [-0.2, -0.15) is 0 Å². The number of hydrogen-bond donors (Lipinski definition) is 2. The Balaban J connectivity index is 1.77. The van der Waals surface area contributed by atoms with Crippen LogP contribution in [0.15, 0.2) is 42.5 Å². The smallest absolute Gasteiger partial charge is 0.339 e. The zero-order valence-electron chi connectivity index (χ0n) is 16.7. The number of amides is 1. The first-order valence-electron chi connectivity index (χ1n) is 9.57. The number of nitrogens with zero attached hydrogens (tertiary/aromatic N) is 1. The molecule has 0 spiro atoms. The second kappa shape index (κ2) is 8.01. The van der Waals surface area contributed by atoms with Crippen molar-refractivity contribution in [1.29, 1.82) is 0 Å². The minimum Gasteiger partial charge on any atom is -0.478 e. The summed E-state index contributed by atoms with van der Waals surface area (Å²) in [5, 5.41) is 13.0. The molecule has 0 unspecified atom stereocenters. The predicted molar refractivity (Wildman–Crippen MR) is 116 cm³/mol. The number of anilines is 1. The first kappa shape index (κ1) is 20.3. The van der Waals surface area contributed by atoms with E-state index in [4.69, 9.17) is 0 Å². The summed E-state index contributed by atoms with van der Waals surface area (Å²) < 4.78 is 13.1. The molecule has 1 amide bonds. The molecule has 5 nitrogen and oxygen atoms in total. The van der Waals surface area contributed by atoms with Gasteiger partial charge in [-0.05, 0) is 67.9 Å². The van der Waals surface area contributed by atoms with Crippen molar-refractivity contribution in [3.63, 3.8) is 0 Å². The largest absolute Gasteiger partial charge is 0.478 e. The van der Waals surface area contributed by atoms with E-state index in [0.717, 1.165) is 35.4 Å². The molecule has 1 aliphatic carbocycles. The third-order valence-corrected chi connectivity index (χ3v) is 6.32. The van der Waals surface area contributed by atoms with Crippen LogP contribution in [0.5, 0.6) is 0 Å². The molecule has 0 radical (unpaired) electrons. The number of nitrogens with one attached hydrogen (secondary N) is 1. The van der Waals surface area contributed by atoms with E-state index >= 15 is 0 Å². The fraction of sp³-hybridized carbons (Fsp3) is 0.217. The lowest BCUT2D eigenvalue weighted by Crippen LogP contribution is -2.15. The molecule has 3 aromatic rings. The van der Waals surface area contributed by atoms with Crippen molar-refractivity contribution in [1.82, 2.24) is 4.90 Å². The minimum absolute atomic E-state index is 0.119. The summed E-state index contributed by atoms with van der Waals surface area (Å²) in [4.78, 5) is 27.8. The zero-order chi connectivity index (χ0) is 21.4. The molecule has 2 aromatic carbocycles. The fourth-order valence-electron chi connectivity index (χ4n) is 3.90. The highest BCUT2D eigenvalue weighted by molar-refractivity contribution is 7.17. The maximum absolute atomic E-state index is 13.1. The molecule has 1 heterocycles. The van der Waals surface area contributed by atoms with Gasteiger partial charge in [-0.3, -0.25) is 4.79 Å². The summed E-state index contributed by atoms with van der Waals surface area (Å²) in [5.74, 6) is -1.97. The molecule has 0 fully saturated rings. The average molecular weight is 424 g/mol. The van der Waals surface area contributed by atoms with Crippen molar-refractivity contribution in [2.75, 3.05) is 19.4 Å². The highest BCUT2D eigenvalue weighted by Crippen LogP contribution is 2.46. The number of carbonyl (C=O) groups is 2. The number of halogens is 1.